The van der Waals surface area contributed by atoms with E-state index in [1.165, 1.54) is 51.7 Å². The molecule has 4 aliphatic carbocycles. The van der Waals surface area contributed by atoms with Gasteiger partial charge in [-0.15, -0.1) is 0 Å². The maximum Gasteiger partial charge on any atom is 0.0218 e. The lowest BCUT2D eigenvalue weighted by molar-refractivity contribution is -0.0893. The van der Waals surface area contributed by atoms with Crippen LogP contribution >= 0.6 is 0 Å². The van der Waals surface area contributed by atoms with Gasteiger partial charge in [-0.3, -0.25) is 4.90 Å². The predicted molar refractivity (Wildman–Crippen MR) is 88.3 cm³/mol. The van der Waals surface area contributed by atoms with Gasteiger partial charge in [-0.1, -0.05) is 13.8 Å². The quantitative estimate of drug-likeness (QED) is 0.853. The van der Waals surface area contributed by atoms with E-state index >= 15 is 0 Å². The third-order valence-electron chi connectivity index (χ3n) is 6.91. The molecule has 1 saturated heterocycles. The van der Waals surface area contributed by atoms with Crippen LogP contribution in [0.4, 0.5) is 0 Å². The highest BCUT2D eigenvalue weighted by Gasteiger charge is 2.53. The van der Waals surface area contributed by atoms with Crippen molar-refractivity contribution in [3.63, 3.8) is 0 Å². The van der Waals surface area contributed by atoms with Crippen molar-refractivity contribution >= 4 is 0 Å². The molecule has 0 radical (unpaired) electrons. The fraction of sp³-hybridized carbons (Fsp3) is 1.00. The first-order valence-electron chi connectivity index (χ1n) is 9.61. The standard InChI is InChI=1S/C19H34N2/c1-14(2)6-18-13-21(5-3-4-20-18)19-10-15-7-16(11-19)9-17(8-15)12-19/h14-18,20H,3-13H2,1-2H3. The summed E-state index contributed by atoms with van der Waals surface area (Å²) in [4.78, 5) is 2.98. The van der Waals surface area contributed by atoms with E-state index in [1.54, 1.807) is 19.3 Å². The Morgan fingerprint density at radius 3 is 2.24 bits per heavy atom. The van der Waals surface area contributed by atoms with Crippen LogP contribution in [-0.4, -0.2) is 36.1 Å². The average Bonchev–Trinajstić information content (AvgIpc) is 2.62. The van der Waals surface area contributed by atoms with E-state index in [2.05, 4.69) is 24.1 Å². The number of nitrogens with one attached hydrogen (secondary N) is 1. The zero-order chi connectivity index (χ0) is 14.4. The highest BCUT2D eigenvalue weighted by atomic mass is 15.2. The van der Waals surface area contributed by atoms with Crippen LogP contribution in [0.5, 0.6) is 0 Å². The molecule has 2 heteroatoms. The van der Waals surface area contributed by atoms with Crippen molar-refractivity contribution in [1.82, 2.24) is 10.2 Å². The molecule has 0 amide bonds. The third kappa shape index (κ3) is 2.79. The second-order valence-corrected chi connectivity index (χ2v) is 9.22. The molecule has 4 bridgehead atoms. The van der Waals surface area contributed by atoms with Gasteiger partial charge in [-0.25, -0.2) is 0 Å². The summed E-state index contributed by atoms with van der Waals surface area (Å²) in [6.07, 6.45) is 12.0. The molecule has 0 spiro atoms. The summed E-state index contributed by atoms with van der Waals surface area (Å²) in [5, 5.41) is 3.83. The molecule has 4 saturated carbocycles. The minimum Gasteiger partial charge on any atom is -0.313 e. The Morgan fingerprint density at radius 2 is 1.67 bits per heavy atom. The van der Waals surface area contributed by atoms with E-state index in [1.807, 2.05) is 0 Å². The molecule has 1 N–H and O–H groups in total. The van der Waals surface area contributed by atoms with Crippen LogP contribution in [0, 0.1) is 23.7 Å². The molecule has 0 aromatic rings. The van der Waals surface area contributed by atoms with E-state index < -0.39 is 0 Å². The highest BCUT2D eigenvalue weighted by Crippen LogP contribution is 2.57. The lowest BCUT2D eigenvalue weighted by Gasteiger charge is -2.61. The first-order chi connectivity index (χ1) is 10.1. The molecule has 1 atom stereocenters. The van der Waals surface area contributed by atoms with Crippen LogP contribution < -0.4 is 5.32 Å². The number of hydrogen-bond acceptors (Lipinski definition) is 2. The van der Waals surface area contributed by atoms with Crippen molar-refractivity contribution in [3.8, 4) is 0 Å². The van der Waals surface area contributed by atoms with Crippen LogP contribution in [0.25, 0.3) is 0 Å². The minimum absolute atomic E-state index is 0.621. The molecular formula is C19H34N2. The Labute approximate surface area is 131 Å². The van der Waals surface area contributed by atoms with Gasteiger partial charge in [0.15, 0.2) is 0 Å². The number of rotatable bonds is 3. The maximum absolute atomic E-state index is 3.83. The van der Waals surface area contributed by atoms with Crippen molar-refractivity contribution in [2.45, 2.75) is 76.8 Å². The van der Waals surface area contributed by atoms with Crippen LogP contribution in [-0.2, 0) is 0 Å². The van der Waals surface area contributed by atoms with Crippen molar-refractivity contribution in [2.75, 3.05) is 19.6 Å². The van der Waals surface area contributed by atoms with Crippen LogP contribution in [0.1, 0.15) is 65.2 Å². The second kappa shape index (κ2) is 5.53. The predicted octanol–water partition coefficient (Wildman–Crippen LogP) is 3.67. The van der Waals surface area contributed by atoms with Crippen LogP contribution in [0.15, 0.2) is 0 Å². The zero-order valence-electron chi connectivity index (χ0n) is 14.1. The summed E-state index contributed by atoms with van der Waals surface area (Å²) in [5.74, 6) is 4.06. The van der Waals surface area contributed by atoms with Gasteiger partial charge in [-0.05, 0) is 88.1 Å². The van der Waals surface area contributed by atoms with E-state index in [-0.39, 0.29) is 0 Å². The molecule has 1 heterocycles. The number of nitrogens with zero attached hydrogens (tertiary/aromatic N) is 1. The molecule has 1 aliphatic heterocycles. The SMILES string of the molecule is CC(C)CC1CN(C23CC4CC(CC(C4)C2)C3)CCCN1. The van der Waals surface area contributed by atoms with Gasteiger partial charge < -0.3 is 5.32 Å². The molecule has 1 unspecified atom stereocenters. The Balaban J connectivity index is 1.51. The van der Waals surface area contributed by atoms with Gasteiger partial charge in [0.2, 0.25) is 0 Å². The van der Waals surface area contributed by atoms with Crippen molar-refractivity contribution in [1.29, 1.82) is 0 Å². The molecule has 0 aromatic heterocycles. The zero-order valence-corrected chi connectivity index (χ0v) is 14.1. The molecule has 5 fully saturated rings. The fourth-order valence-corrected chi connectivity index (χ4v) is 6.61. The molecule has 2 nitrogen and oxygen atoms in total. The third-order valence-corrected chi connectivity index (χ3v) is 6.91. The van der Waals surface area contributed by atoms with Gasteiger partial charge >= 0.3 is 0 Å². The topological polar surface area (TPSA) is 15.3 Å². The lowest BCUT2D eigenvalue weighted by Crippen LogP contribution is -2.61. The van der Waals surface area contributed by atoms with E-state index in [9.17, 15) is 0 Å². The molecule has 120 valence electrons. The average molecular weight is 290 g/mol. The van der Waals surface area contributed by atoms with Gasteiger partial charge in [0, 0.05) is 18.1 Å². The first-order valence-corrected chi connectivity index (χ1v) is 9.61. The van der Waals surface area contributed by atoms with Crippen molar-refractivity contribution in [3.05, 3.63) is 0 Å². The Hall–Kier alpha value is -0.0800. The van der Waals surface area contributed by atoms with Gasteiger partial charge in [0.1, 0.15) is 0 Å². The molecule has 21 heavy (non-hydrogen) atoms. The van der Waals surface area contributed by atoms with Gasteiger partial charge in [0.25, 0.3) is 0 Å². The molecule has 5 rings (SSSR count). The van der Waals surface area contributed by atoms with Crippen molar-refractivity contribution in [2.24, 2.45) is 23.7 Å². The largest absolute Gasteiger partial charge is 0.313 e. The molecule has 5 aliphatic rings. The molecule has 0 aromatic carbocycles. The summed E-state index contributed by atoms with van der Waals surface area (Å²) in [6, 6.07) is 0.737. The second-order valence-electron chi connectivity index (χ2n) is 9.22. The smallest absolute Gasteiger partial charge is 0.0218 e. The summed E-state index contributed by atoms with van der Waals surface area (Å²) in [6.45, 7) is 8.67. The number of hydrogen-bond donors (Lipinski definition) is 1. The minimum atomic E-state index is 0.621. The van der Waals surface area contributed by atoms with Crippen LogP contribution in [0.2, 0.25) is 0 Å². The fourth-order valence-electron chi connectivity index (χ4n) is 6.61. The Morgan fingerprint density at radius 1 is 1.05 bits per heavy atom. The van der Waals surface area contributed by atoms with Gasteiger partial charge in [0.05, 0.1) is 0 Å². The highest BCUT2D eigenvalue weighted by molar-refractivity contribution is 5.08. The van der Waals surface area contributed by atoms with E-state index in [4.69, 9.17) is 0 Å². The van der Waals surface area contributed by atoms with Crippen molar-refractivity contribution < 1.29 is 0 Å². The van der Waals surface area contributed by atoms with Gasteiger partial charge in [-0.2, -0.15) is 0 Å². The van der Waals surface area contributed by atoms with E-state index in [0.717, 1.165) is 29.7 Å². The summed E-state index contributed by atoms with van der Waals surface area (Å²) < 4.78 is 0. The normalized spacial score (nSPS) is 47.0. The summed E-state index contributed by atoms with van der Waals surface area (Å²) in [5.41, 5.74) is 0.621. The summed E-state index contributed by atoms with van der Waals surface area (Å²) in [7, 11) is 0. The summed E-state index contributed by atoms with van der Waals surface area (Å²) >= 11 is 0. The van der Waals surface area contributed by atoms with E-state index in [0.29, 0.717) is 5.54 Å². The Bertz CT molecular complexity index is 340. The molecular weight excluding hydrogens is 256 g/mol. The lowest BCUT2D eigenvalue weighted by atomic mass is 9.52. The van der Waals surface area contributed by atoms with Crippen LogP contribution in [0.3, 0.4) is 0 Å². The first kappa shape index (κ1) is 14.5. The Kier molecular flexibility index (Phi) is 3.82. The monoisotopic (exact) mass is 290 g/mol. The maximum atomic E-state index is 3.83.